The number of hydrogen-bond acceptors (Lipinski definition) is 6. The Labute approximate surface area is 133 Å². The van der Waals surface area contributed by atoms with Crippen molar-refractivity contribution in [3.05, 3.63) is 35.4 Å². The first-order valence-corrected chi connectivity index (χ1v) is 8.65. The molecule has 0 fully saturated rings. The van der Waals surface area contributed by atoms with Crippen LogP contribution in [0.1, 0.15) is 29.8 Å². The van der Waals surface area contributed by atoms with Crippen molar-refractivity contribution < 1.29 is 4.79 Å². The van der Waals surface area contributed by atoms with Gasteiger partial charge in [0.05, 0.1) is 5.75 Å². The number of nitrogens with zero attached hydrogens (tertiary/aromatic N) is 2. The van der Waals surface area contributed by atoms with Gasteiger partial charge in [0.1, 0.15) is 0 Å². The number of aromatic nitrogens is 2. The standard InChI is InChI=1S/C15H19N3OS2/c1-10(2)8-16-14-17-18-15(21-14)20-9-13(19)12-6-4-11(3)5-7-12/h4-7,10H,8-9H2,1-3H3,(H,16,17). The topological polar surface area (TPSA) is 54.9 Å². The molecule has 2 aromatic rings. The van der Waals surface area contributed by atoms with E-state index in [9.17, 15) is 4.79 Å². The molecule has 0 bridgehead atoms. The van der Waals surface area contributed by atoms with Crippen molar-refractivity contribution in [2.24, 2.45) is 5.92 Å². The number of aryl methyl sites for hydroxylation is 1. The summed E-state index contributed by atoms with van der Waals surface area (Å²) in [6.07, 6.45) is 0. The number of nitrogens with one attached hydrogen (secondary N) is 1. The molecule has 0 saturated carbocycles. The Hall–Kier alpha value is -1.40. The van der Waals surface area contributed by atoms with Crippen LogP contribution in [0.5, 0.6) is 0 Å². The van der Waals surface area contributed by atoms with Crippen LogP contribution in [-0.4, -0.2) is 28.3 Å². The van der Waals surface area contributed by atoms with E-state index in [1.165, 1.54) is 23.1 Å². The van der Waals surface area contributed by atoms with Gasteiger partial charge in [0.25, 0.3) is 0 Å². The van der Waals surface area contributed by atoms with Crippen LogP contribution in [0.3, 0.4) is 0 Å². The van der Waals surface area contributed by atoms with E-state index in [-0.39, 0.29) is 5.78 Å². The number of ketones is 1. The van der Waals surface area contributed by atoms with Gasteiger partial charge in [-0.25, -0.2) is 0 Å². The van der Waals surface area contributed by atoms with E-state index >= 15 is 0 Å². The van der Waals surface area contributed by atoms with Crippen molar-refractivity contribution in [1.82, 2.24) is 10.2 Å². The van der Waals surface area contributed by atoms with E-state index in [1.54, 1.807) is 0 Å². The second kappa shape index (κ2) is 7.56. The molecule has 1 heterocycles. The molecule has 0 atom stereocenters. The monoisotopic (exact) mass is 321 g/mol. The average molecular weight is 321 g/mol. The van der Waals surface area contributed by atoms with Crippen LogP contribution < -0.4 is 5.32 Å². The minimum atomic E-state index is 0.117. The highest BCUT2D eigenvalue weighted by Crippen LogP contribution is 2.26. The number of rotatable bonds is 7. The van der Waals surface area contributed by atoms with Gasteiger partial charge in [-0.3, -0.25) is 4.79 Å². The fraction of sp³-hybridized carbons (Fsp3) is 0.400. The van der Waals surface area contributed by atoms with Crippen LogP contribution in [0.15, 0.2) is 28.6 Å². The molecule has 0 spiro atoms. The molecule has 0 radical (unpaired) electrons. The molecular formula is C15H19N3OS2. The minimum absolute atomic E-state index is 0.117. The molecule has 1 aromatic carbocycles. The van der Waals surface area contributed by atoms with Gasteiger partial charge in [-0.05, 0) is 12.8 Å². The molecule has 1 aromatic heterocycles. The number of Topliss-reactive ketones (excluding diaryl/α,β-unsaturated/α-hetero) is 1. The fourth-order valence-electron chi connectivity index (χ4n) is 1.58. The van der Waals surface area contributed by atoms with Gasteiger partial charge in [0.2, 0.25) is 5.13 Å². The maximum absolute atomic E-state index is 12.1. The zero-order valence-corrected chi connectivity index (χ0v) is 14.1. The Morgan fingerprint density at radius 1 is 1.29 bits per heavy atom. The van der Waals surface area contributed by atoms with E-state index in [2.05, 4.69) is 29.4 Å². The summed E-state index contributed by atoms with van der Waals surface area (Å²) in [5, 5.41) is 12.2. The summed E-state index contributed by atoms with van der Waals surface area (Å²) < 4.78 is 0.821. The van der Waals surface area contributed by atoms with E-state index < -0.39 is 0 Å². The number of benzene rings is 1. The normalized spacial score (nSPS) is 10.9. The Morgan fingerprint density at radius 3 is 2.67 bits per heavy atom. The van der Waals surface area contributed by atoms with Gasteiger partial charge in [-0.15, -0.1) is 10.2 Å². The fourth-order valence-corrected chi connectivity index (χ4v) is 3.23. The summed E-state index contributed by atoms with van der Waals surface area (Å²) in [4.78, 5) is 12.1. The summed E-state index contributed by atoms with van der Waals surface area (Å²) in [6, 6.07) is 7.65. The second-order valence-corrected chi connectivity index (χ2v) is 7.43. The molecule has 0 unspecified atom stereocenters. The number of carbonyl (C=O) groups is 1. The maximum Gasteiger partial charge on any atom is 0.206 e. The van der Waals surface area contributed by atoms with Crippen LogP contribution in [0.4, 0.5) is 5.13 Å². The lowest BCUT2D eigenvalue weighted by atomic mass is 10.1. The molecule has 0 aliphatic carbocycles. The van der Waals surface area contributed by atoms with Gasteiger partial charge >= 0.3 is 0 Å². The SMILES string of the molecule is Cc1ccc(C(=O)CSc2nnc(NCC(C)C)s2)cc1. The third-order valence-corrected chi connectivity index (χ3v) is 4.78. The predicted molar refractivity (Wildman–Crippen MR) is 89.5 cm³/mol. The zero-order valence-electron chi connectivity index (χ0n) is 12.4. The van der Waals surface area contributed by atoms with Crippen LogP contribution in [0.25, 0.3) is 0 Å². The van der Waals surface area contributed by atoms with E-state index in [0.29, 0.717) is 11.7 Å². The molecule has 1 N–H and O–H groups in total. The first-order valence-electron chi connectivity index (χ1n) is 6.84. The van der Waals surface area contributed by atoms with Crippen molar-refractivity contribution in [1.29, 1.82) is 0 Å². The smallest absolute Gasteiger partial charge is 0.206 e. The second-order valence-electron chi connectivity index (χ2n) is 5.23. The first-order chi connectivity index (χ1) is 10.0. The van der Waals surface area contributed by atoms with Crippen molar-refractivity contribution in [2.45, 2.75) is 25.1 Å². The lowest BCUT2D eigenvalue weighted by Crippen LogP contribution is -2.07. The summed E-state index contributed by atoms with van der Waals surface area (Å²) in [6.45, 7) is 7.17. The highest BCUT2D eigenvalue weighted by Gasteiger charge is 2.10. The highest BCUT2D eigenvalue weighted by molar-refractivity contribution is 8.01. The molecular weight excluding hydrogens is 302 g/mol. The lowest BCUT2D eigenvalue weighted by Gasteiger charge is -2.03. The summed E-state index contributed by atoms with van der Waals surface area (Å²) in [7, 11) is 0. The molecule has 6 heteroatoms. The molecule has 21 heavy (non-hydrogen) atoms. The summed E-state index contributed by atoms with van der Waals surface area (Å²) in [5.74, 6) is 1.07. The molecule has 4 nitrogen and oxygen atoms in total. The third-order valence-electron chi connectivity index (χ3n) is 2.77. The van der Waals surface area contributed by atoms with Crippen LogP contribution in [-0.2, 0) is 0 Å². The van der Waals surface area contributed by atoms with Gasteiger partial charge in [-0.2, -0.15) is 0 Å². The quantitative estimate of drug-likeness (QED) is 0.619. The van der Waals surface area contributed by atoms with E-state index in [4.69, 9.17) is 0 Å². The maximum atomic E-state index is 12.1. The van der Waals surface area contributed by atoms with Crippen molar-refractivity contribution in [2.75, 3.05) is 17.6 Å². The van der Waals surface area contributed by atoms with E-state index in [1.807, 2.05) is 31.2 Å². The number of anilines is 1. The summed E-state index contributed by atoms with van der Waals surface area (Å²) in [5.41, 5.74) is 1.90. The zero-order chi connectivity index (χ0) is 15.2. The van der Waals surface area contributed by atoms with E-state index in [0.717, 1.165) is 27.1 Å². The molecule has 0 aliphatic heterocycles. The Morgan fingerprint density at radius 2 is 2.00 bits per heavy atom. The van der Waals surface area contributed by atoms with Crippen LogP contribution in [0.2, 0.25) is 0 Å². The number of thioether (sulfide) groups is 1. The Balaban J connectivity index is 1.85. The lowest BCUT2D eigenvalue weighted by molar-refractivity contribution is 0.102. The third kappa shape index (κ3) is 5.13. The largest absolute Gasteiger partial charge is 0.360 e. The van der Waals surface area contributed by atoms with Gasteiger partial charge in [0.15, 0.2) is 10.1 Å². The highest BCUT2D eigenvalue weighted by atomic mass is 32.2. The number of hydrogen-bond donors (Lipinski definition) is 1. The Kier molecular flexibility index (Phi) is 5.76. The van der Waals surface area contributed by atoms with Crippen LogP contribution in [0, 0.1) is 12.8 Å². The minimum Gasteiger partial charge on any atom is -0.360 e. The van der Waals surface area contributed by atoms with Crippen molar-refractivity contribution in [3.8, 4) is 0 Å². The van der Waals surface area contributed by atoms with Gasteiger partial charge < -0.3 is 5.32 Å². The molecule has 0 saturated heterocycles. The first kappa shape index (κ1) is 16.0. The molecule has 0 aliphatic rings. The number of carbonyl (C=O) groups excluding carboxylic acids is 1. The average Bonchev–Trinajstić information content (AvgIpc) is 2.91. The Bertz CT molecular complexity index is 593. The molecule has 112 valence electrons. The molecule has 0 amide bonds. The van der Waals surface area contributed by atoms with Crippen molar-refractivity contribution in [3.63, 3.8) is 0 Å². The van der Waals surface area contributed by atoms with Crippen molar-refractivity contribution >= 4 is 34.0 Å². The predicted octanol–water partition coefficient (Wildman–Crippen LogP) is 3.89. The molecule has 2 rings (SSSR count). The summed E-state index contributed by atoms with van der Waals surface area (Å²) >= 11 is 2.93. The van der Waals surface area contributed by atoms with Gasteiger partial charge in [-0.1, -0.05) is 66.8 Å². The van der Waals surface area contributed by atoms with Crippen LogP contribution >= 0.6 is 23.1 Å². The van der Waals surface area contributed by atoms with Gasteiger partial charge in [0, 0.05) is 12.1 Å².